The number of rotatable bonds is 5. The number of benzene rings is 1. The van der Waals surface area contributed by atoms with Crippen molar-refractivity contribution in [2.75, 3.05) is 19.0 Å². The average molecular weight is 365 g/mol. The van der Waals surface area contributed by atoms with Crippen LogP contribution in [0.4, 0.5) is 5.69 Å². The van der Waals surface area contributed by atoms with Gasteiger partial charge in [-0.15, -0.1) is 0 Å². The van der Waals surface area contributed by atoms with Crippen molar-refractivity contribution in [2.45, 2.75) is 27.3 Å². The van der Waals surface area contributed by atoms with Crippen LogP contribution in [0.1, 0.15) is 27.2 Å². The van der Waals surface area contributed by atoms with Crippen LogP contribution in [-0.4, -0.2) is 29.2 Å². The van der Waals surface area contributed by atoms with E-state index in [4.69, 9.17) is 4.74 Å². The van der Waals surface area contributed by atoms with Gasteiger partial charge in [-0.25, -0.2) is 0 Å². The van der Waals surface area contributed by atoms with Crippen molar-refractivity contribution in [3.05, 3.63) is 69.3 Å². The third-order valence-electron chi connectivity index (χ3n) is 4.41. The molecule has 0 bridgehead atoms. The van der Waals surface area contributed by atoms with Crippen LogP contribution in [0.25, 0.3) is 10.9 Å². The van der Waals surface area contributed by atoms with Crippen LogP contribution in [0.5, 0.6) is 0 Å². The highest BCUT2D eigenvalue weighted by atomic mass is 16.5. The van der Waals surface area contributed by atoms with Crippen LogP contribution in [0.3, 0.4) is 0 Å². The third-order valence-corrected chi connectivity index (χ3v) is 4.41. The molecule has 0 radical (unpaired) electrons. The smallest absolute Gasteiger partial charge is 0.260 e. The molecule has 1 aromatic carbocycles. The Balaban J connectivity index is 2.00. The Morgan fingerprint density at radius 3 is 2.52 bits per heavy atom. The highest BCUT2D eigenvalue weighted by Crippen LogP contribution is 2.18. The molecule has 0 spiro atoms. The molecular weight excluding hydrogens is 342 g/mol. The number of anilines is 1. The maximum atomic E-state index is 12.8. The van der Waals surface area contributed by atoms with Crippen LogP contribution >= 0.6 is 0 Å². The summed E-state index contributed by atoms with van der Waals surface area (Å²) in [5.41, 5.74) is 4.23. The molecule has 0 saturated carbocycles. The fourth-order valence-corrected chi connectivity index (χ4v) is 3.15. The predicted octanol–water partition coefficient (Wildman–Crippen LogP) is 3.22. The van der Waals surface area contributed by atoms with E-state index in [-0.39, 0.29) is 11.5 Å². The molecule has 6 heteroatoms. The summed E-state index contributed by atoms with van der Waals surface area (Å²) < 4.78 is 6.60. The lowest BCUT2D eigenvalue weighted by Gasteiger charge is -2.11. The van der Waals surface area contributed by atoms with Crippen molar-refractivity contribution < 1.29 is 9.53 Å². The lowest BCUT2D eigenvalue weighted by Crippen LogP contribution is -2.23. The summed E-state index contributed by atoms with van der Waals surface area (Å²) in [7, 11) is 1.59. The van der Waals surface area contributed by atoms with Gasteiger partial charge in [0.05, 0.1) is 28.8 Å². The zero-order valence-corrected chi connectivity index (χ0v) is 16.0. The highest BCUT2D eigenvalue weighted by Gasteiger charge is 2.14. The van der Waals surface area contributed by atoms with Gasteiger partial charge in [0.15, 0.2) is 0 Å². The molecular formula is C21H23N3O3. The monoisotopic (exact) mass is 365 g/mol. The standard InChI is InChI=1S/C21H23N3O3/c1-13-9-14(2)11-16(10-13)23-20(25)17-12-18-19(22-15(17)3)5-6-24(21(18)26)7-8-27-4/h5-6,9-12H,7-8H2,1-4H3,(H,23,25). The molecule has 1 amide bonds. The number of amides is 1. The maximum absolute atomic E-state index is 12.8. The molecule has 2 aromatic heterocycles. The van der Waals surface area contributed by atoms with Gasteiger partial charge in [0.2, 0.25) is 0 Å². The first kappa shape index (κ1) is 18.8. The normalized spacial score (nSPS) is 11.0. The number of fused-ring (bicyclic) bond motifs is 1. The first-order chi connectivity index (χ1) is 12.9. The number of hydrogen-bond donors (Lipinski definition) is 1. The van der Waals surface area contributed by atoms with E-state index < -0.39 is 0 Å². The van der Waals surface area contributed by atoms with Crippen LogP contribution < -0.4 is 10.9 Å². The topological polar surface area (TPSA) is 73.2 Å². The minimum Gasteiger partial charge on any atom is -0.383 e. The molecule has 1 N–H and O–H groups in total. The largest absolute Gasteiger partial charge is 0.383 e. The van der Waals surface area contributed by atoms with Crippen LogP contribution in [0.2, 0.25) is 0 Å². The van der Waals surface area contributed by atoms with Gasteiger partial charge in [0, 0.05) is 25.5 Å². The summed E-state index contributed by atoms with van der Waals surface area (Å²) in [4.78, 5) is 29.9. The van der Waals surface area contributed by atoms with Crippen molar-refractivity contribution >= 4 is 22.5 Å². The lowest BCUT2D eigenvalue weighted by molar-refractivity contribution is 0.102. The van der Waals surface area contributed by atoms with Crippen LogP contribution in [0, 0.1) is 20.8 Å². The van der Waals surface area contributed by atoms with Crippen molar-refractivity contribution in [3.63, 3.8) is 0 Å². The van der Waals surface area contributed by atoms with E-state index in [1.807, 2.05) is 32.0 Å². The molecule has 0 aliphatic carbocycles. The van der Waals surface area contributed by atoms with Gasteiger partial charge in [-0.3, -0.25) is 14.6 Å². The summed E-state index contributed by atoms with van der Waals surface area (Å²) in [6, 6.07) is 9.27. The second-order valence-corrected chi connectivity index (χ2v) is 6.69. The van der Waals surface area contributed by atoms with E-state index in [9.17, 15) is 9.59 Å². The molecule has 3 aromatic rings. The van der Waals surface area contributed by atoms with Gasteiger partial charge < -0.3 is 14.6 Å². The minimum absolute atomic E-state index is 0.183. The SMILES string of the molecule is COCCn1ccc2nc(C)c(C(=O)Nc3cc(C)cc(C)c3)cc2c1=O. The molecule has 140 valence electrons. The number of nitrogens with zero attached hydrogens (tertiary/aromatic N) is 2. The maximum Gasteiger partial charge on any atom is 0.260 e. The summed E-state index contributed by atoms with van der Waals surface area (Å²) in [6.45, 7) is 6.61. The van der Waals surface area contributed by atoms with Crippen molar-refractivity contribution in [1.29, 1.82) is 0 Å². The number of nitrogens with one attached hydrogen (secondary N) is 1. The lowest BCUT2D eigenvalue weighted by atomic mass is 10.1. The Bertz CT molecular complexity index is 1050. The molecule has 0 saturated heterocycles. The second-order valence-electron chi connectivity index (χ2n) is 6.69. The number of methoxy groups -OCH3 is 1. The highest BCUT2D eigenvalue weighted by molar-refractivity contribution is 6.06. The number of hydrogen-bond acceptors (Lipinski definition) is 4. The van der Waals surface area contributed by atoms with E-state index in [1.54, 1.807) is 36.9 Å². The number of aromatic nitrogens is 2. The fraction of sp³-hybridized carbons (Fsp3) is 0.286. The van der Waals surface area contributed by atoms with Crippen LogP contribution in [-0.2, 0) is 11.3 Å². The van der Waals surface area contributed by atoms with Gasteiger partial charge in [-0.1, -0.05) is 6.07 Å². The number of ether oxygens (including phenoxy) is 1. The quantitative estimate of drug-likeness (QED) is 0.753. The Morgan fingerprint density at radius 1 is 1.15 bits per heavy atom. The zero-order chi connectivity index (χ0) is 19.6. The summed E-state index contributed by atoms with van der Waals surface area (Å²) >= 11 is 0. The van der Waals surface area contributed by atoms with Crippen molar-refractivity contribution in [3.8, 4) is 0 Å². The molecule has 2 heterocycles. The van der Waals surface area contributed by atoms with Gasteiger partial charge in [0.25, 0.3) is 11.5 Å². The predicted molar refractivity (Wildman–Crippen MR) is 106 cm³/mol. The molecule has 0 unspecified atom stereocenters. The van der Waals surface area contributed by atoms with E-state index >= 15 is 0 Å². The molecule has 0 fully saturated rings. The molecule has 0 atom stereocenters. The Hall–Kier alpha value is -2.99. The fourth-order valence-electron chi connectivity index (χ4n) is 3.15. The molecule has 0 aliphatic rings. The number of carbonyl (C=O) groups is 1. The van der Waals surface area contributed by atoms with Gasteiger partial charge >= 0.3 is 0 Å². The average Bonchev–Trinajstić information content (AvgIpc) is 2.60. The van der Waals surface area contributed by atoms with E-state index in [0.29, 0.717) is 35.3 Å². The Kier molecular flexibility index (Phi) is 5.37. The summed E-state index contributed by atoms with van der Waals surface area (Å²) in [6.07, 6.45) is 1.70. The van der Waals surface area contributed by atoms with Gasteiger partial charge in [-0.2, -0.15) is 0 Å². The Labute approximate surface area is 157 Å². The summed E-state index contributed by atoms with van der Waals surface area (Å²) in [5.74, 6) is -0.279. The first-order valence-corrected chi connectivity index (χ1v) is 8.78. The van der Waals surface area contributed by atoms with Crippen molar-refractivity contribution in [2.24, 2.45) is 0 Å². The molecule has 3 rings (SSSR count). The van der Waals surface area contributed by atoms with Crippen LogP contribution in [0.15, 0.2) is 41.3 Å². The molecule has 0 aliphatic heterocycles. The Morgan fingerprint density at radius 2 is 1.85 bits per heavy atom. The second kappa shape index (κ2) is 7.72. The zero-order valence-electron chi connectivity index (χ0n) is 16.0. The molecule has 6 nitrogen and oxygen atoms in total. The van der Waals surface area contributed by atoms with E-state index in [0.717, 1.165) is 16.8 Å². The number of pyridine rings is 2. The number of carbonyl (C=O) groups excluding carboxylic acids is 1. The number of aryl methyl sites for hydroxylation is 3. The van der Waals surface area contributed by atoms with Gasteiger partial charge in [-0.05, 0) is 56.2 Å². The minimum atomic E-state index is -0.279. The van der Waals surface area contributed by atoms with E-state index in [1.165, 1.54) is 0 Å². The third kappa shape index (κ3) is 4.06. The molecule has 27 heavy (non-hydrogen) atoms. The van der Waals surface area contributed by atoms with E-state index in [2.05, 4.69) is 10.3 Å². The summed E-state index contributed by atoms with van der Waals surface area (Å²) in [5, 5.41) is 3.33. The first-order valence-electron chi connectivity index (χ1n) is 8.78. The van der Waals surface area contributed by atoms with Gasteiger partial charge in [0.1, 0.15) is 0 Å². The van der Waals surface area contributed by atoms with Crippen molar-refractivity contribution in [1.82, 2.24) is 9.55 Å².